The fourth-order valence-corrected chi connectivity index (χ4v) is 2.95. The van der Waals surface area contributed by atoms with E-state index in [9.17, 15) is 0 Å². The number of rotatable bonds is 6. The van der Waals surface area contributed by atoms with E-state index in [2.05, 4.69) is 50.4 Å². The third-order valence-corrected chi connectivity index (χ3v) is 4.60. The number of halogens is 1. The van der Waals surface area contributed by atoms with Gasteiger partial charge in [-0.2, -0.15) is 5.10 Å². The van der Waals surface area contributed by atoms with Crippen molar-refractivity contribution in [2.45, 2.75) is 39.7 Å². The lowest BCUT2D eigenvalue weighted by atomic mass is 10.1. The molecule has 0 aliphatic carbocycles. The zero-order valence-corrected chi connectivity index (χ0v) is 14.7. The van der Waals surface area contributed by atoms with Crippen molar-refractivity contribution in [2.24, 2.45) is 7.05 Å². The van der Waals surface area contributed by atoms with Crippen molar-refractivity contribution in [3.63, 3.8) is 0 Å². The van der Waals surface area contributed by atoms with Crippen LogP contribution in [0.5, 0.6) is 0 Å². The standard InChI is InChI=1S/C16H23BrN4/c1-5-9-18-14(13-8-6-7-11(2)19-13)10-15-16(17)12(3)20-21(15)4/h6-8,14,18H,5,9-10H2,1-4H3. The SMILES string of the molecule is CCCNC(Cc1c(Br)c(C)nn1C)c1cccc(C)n1. The van der Waals surface area contributed by atoms with Crippen LogP contribution in [0.2, 0.25) is 0 Å². The van der Waals surface area contributed by atoms with Crippen LogP contribution in [0.25, 0.3) is 0 Å². The van der Waals surface area contributed by atoms with E-state index in [1.807, 2.05) is 31.6 Å². The van der Waals surface area contributed by atoms with Gasteiger partial charge in [-0.1, -0.05) is 13.0 Å². The van der Waals surface area contributed by atoms with Gasteiger partial charge in [0.1, 0.15) is 0 Å². The molecule has 0 saturated heterocycles. The maximum absolute atomic E-state index is 4.68. The van der Waals surface area contributed by atoms with E-state index in [0.717, 1.165) is 40.9 Å². The normalized spacial score (nSPS) is 12.6. The van der Waals surface area contributed by atoms with Gasteiger partial charge in [0.2, 0.25) is 0 Å². The van der Waals surface area contributed by atoms with Crippen molar-refractivity contribution in [3.05, 3.63) is 45.4 Å². The quantitative estimate of drug-likeness (QED) is 0.867. The van der Waals surface area contributed by atoms with Crippen LogP contribution < -0.4 is 5.32 Å². The molecule has 0 spiro atoms. The molecule has 21 heavy (non-hydrogen) atoms. The first-order chi connectivity index (χ1) is 10.0. The lowest BCUT2D eigenvalue weighted by Gasteiger charge is -2.19. The first-order valence-corrected chi connectivity index (χ1v) is 8.17. The molecule has 1 atom stereocenters. The molecule has 0 fully saturated rings. The van der Waals surface area contributed by atoms with Gasteiger partial charge in [0.05, 0.1) is 27.6 Å². The van der Waals surface area contributed by atoms with Gasteiger partial charge in [0.25, 0.3) is 0 Å². The Morgan fingerprint density at radius 2 is 2.10 bits per heavy atom. The van der Waals surface area contributed by atoms with E-state index < -0.39 is 0 Å². The Kier molecular flexibility index (Phi) is 5.53. The molecule has 1 N–H and O–H groups in total. The number of hydrogen-bond acceptors (Lipinski definition) is 3. The minimum Gasteiger partial charge on any atom is -0.308 e. The van der Waals surface area contributed by atoms with E-state index in [4.69, 9.17) is 0 Å². The number of hydrogen-bond donors (Lipinski definition) is 1. The summed E-state index contributed by atoms with van der Waals surface area (Å²) in [4.78, 5) is 4.68. The van der Waals surface area contributed by atoms with Gasteiger partial charge in [-0.05, 0) is 54.9 Å². The average Bonchev–Trinajstić information content (AvgIpc) is 2.69. The second kappa shape index (κ2) is 7.18. The van der Waals surface area contributed by atoms with Crippen molar-refractivity contribution in [1.82, 2.24) is 20.1 Å². The van der Waals surface area contributed by atoms with Gasteiger partial charge in [-0.25, -0.2) is 0 Å². The van der Waals surface area contributed by atoms with Gasteiger partial charge in [-0.3, -0.25) is 9.67 Å². The number of nitrogens with one attached hydrogen (secondary N) is 1. The summed E-state index contributed by atoms with van der Waals surface area (Å²) in [6.45, 7) is 7.21. The molecule has 2 rings (SSSR count). The maximum atomic E-state index is 4.68. The fraction of sp³-hybridized carbons (Fsp3) is 0.500. The Hall–Kier alpha value is -1.20. The summed E-state index contributed by atoms with van der Waals surface area (Å²) in [6.07, 6.45) is 1.97. The van der Waals surface area contributed by atoms with Gasteiger partial charge < -0.3 is 5.32 Å². The van der Waals surface area contributed by atoms with Crippen LogP contribution in [-0.4, -0.2) is 21.3 Å². The van der Waals surface area contributed by atoms with E-state index in [1.54, 1.807) is 0 Å². The molecule has 0 aliphatic rings. The summed E-state index contributed by atoms with van der Waals surface area (Å²) in [6, 6.07) is 6.40. The minimum atomic E-state index is 0.205. The van der Waals surface area contributed by atoms with E-state index in [0.29, 0.717) is 0 Å². The molecule has 114 valence electrons. The first kappa shape index (κ1) is 16.2. The van der Waals surface area contributed by atoms with E-state index >= 15 is 0 Å². The molecule has 5 heteroatoms. The number of aryl methyl sites for hydroxylation is 3. The molecule has 0 saturated carbocycles. The maximum Gasteiger partial charge on any atom is 0.0738 e. The summed E-state index contributed by atoms with van der Waals surface area (Å²) in [5.74, 6) is 0. The predicted molar refractivity (Wildman–Crippen MR) is 89.4 cm³/mol. The third kappa shape index (κ3) is 3.92. The summed E-state index contributed by atoms with van der Waals surface area (Å²) in [5, 5.41) is 8.08. The Balaban J connectivity index is 2.28. The molecular weight excluding hydrogens is 328 g/mol. The first-order valence-electron chi connectivity index (χ1n) is 7.37. The second-order valence-corrected chi connectivity index (χ2v) is 6.18. The fourth-order valence-electron chi connectivity index (χ4n) is 2.45. The van der Waals surface area contributed by atoms with Gasteiger partial charge >= 0.3 is 0 Å². The highest BCUT2D eigenvalue weighted by Crippen LogP contribution is 2.25. The molecule has 0 bridgehead atoms. The Morgan fingerprint density at radius 3 is 2.67 bits per heavy atom. The molecule has 0 amide bonds. The molecule has 0 aliphatic heterocycles. The van der Waals surface area contributed by atoms with Crippen LogP contribution in [0, 0.1) is 13.8 Å². The van der Waals surface area contributed by atoms with Crippen molar-refractivity contribution >= 4 is 15.9 Å². The highest BCUT2D eigenvalue weighted by molar-refractivity contribution is 9.10. The van der Waals surface area contributed by atoms with Crippen molar-refractivity contribution in [1.29, 1.82) is 0 Å². The predicted octanol–water partition coefficient (Wildman–Crippen LogP) is 3.48. The smallest absolute Gasteiger partial charge is 0.0738 e. The summed E-state index contributed by atoms with van der Waals surface area (Å²) < 4.78 is 3.05. The van der Waals surface area contributed by atoms with Gasteiger partial charge in [-0.15, -0.1) is 0 Å². The number of aromatic nitrogens is 3. The number of pyridine rings is 1. The Morgan fingerprint density at radius 1 is 1.33 bits per heavy atom. The number of nitrogens with zero attached hydrogens (tertiary/aromatic N) is 3. The zero-order chi connectivity index (χ0) is 15.4. The van der Waals surface area contributed by atoms with Crippen molar-refractivity contribution in [3.8, 4) is 0 Å². The molecule has 2 heterocycles. The molecular formula is C16H23BrN4. The van der Waals surface area contributed by atoms with Crippen molar-refractivity contribution < 1.29 is 0 Å². The summed E-state index contributed by atoms with van der Waals surface area (Å²) in [7, 11) is 1.99. The zero-order valence-electron chi connectivity index (χ0n) is 13.2. The van der Waals surface area contributed by atoms with Gasteiger partial charge in [0, 0.05) is 19.2 Å². The van der Waals surface area contributed by atoms with Crippen LogP contribution >= 0.6 is 15.9 Å². The lowest BCUT2D eigenvalue weighted by molar-refractivity contribution is 0.500. The highest BCUT2D eigenvalue weighted by Gasteiger charge is 2.18. The van der Waals surface area contributed by atoms with Crippen LogP contribution in [-0.2, 0) is 13.5 Å². The highest BCUT2D eigenvalue weighted by atomic mass is 79.9. The van der Waals surface area contributed by atoms with E-state index in [1.165, 1.54) is 5.69 Å². The molecule has 4 nitrogen and oxygen atoms in total. The minimum absolute atomic E-state index is 0.205. The topological polar surface area (TPSA) is 42.7 Å². The van der Waals surface area contributed by atoms with E-state index in [-0.39, 0.29) is 6.04 Å². The Bertz CT molecular complexity index is 606. The van der Waals surface area contributed by atoms with Crippen molar-refractivity contribution in [2.75, 3.05) is 6.54 Å². The summed E-state index contributed by atoms with van der Waals surface area (Å²) in [5.41, 5.74) is 4.37. The molecule has 2 aromatic rings. The molecule has 2 aromatic heterocycles. The second-order valence-electron chi connectivity index (χ2n) is 5.38. The monoisotopic (exact) mass is 350 g/mol. The third-order valence-electron chi connectivity index (χ3n) is 3.57. The molecule has 0 aromatic carbocycles. The van der Waals surface area contributed by atoms with Gasteiger partial charge in [0.15, 0.2) is 0 Å². The summed E-state index contributed by atoms with van der Waals surface area (Å²) >= 11 is 3.65. The van der Waals surface area contributed by atoms with Crippen LogP contribution in [0.4, 0.5) is 0 Å². The Labute approximate surface area is 135 Å². The van der Waals surface area contributed by atoms with Crippen LogP contribution in [0.1, 0.15) is 42.2 Å². The van der Waals surface area contributed by atoms with Crippen LogP contribution in [0.3, 0.4) is 0 Å². The lowest BCUT2D eigenvalue weighted by Crippen LogP contribution is -2.26. The van der Waals surface area contributed by atoms with Crippen LogP contribution in [0.15, 0.2) is 22.7 Å². The average molecular weight is 351 g/mol. The molecule has 1 unspecified atom stereocenters. The largest absolute Gasteiger partial charge is 0.308 e. The molecule has 0 radical (unpaired) electrons.